The smallest absolute Gasteiger partial charge is 0.408 e. The zero-order valence-electron chi connectivity index (χ0n) is 10.2. The van der Waals surface area contributed by atoms with Crippen LogP contribution in [0.15, 0.2) is 30.3 Å². The molecule has 1 aromatic carbocycles. The number of cyclic esters (lactones) is 1. The lowest BCUT2D eigenvalue weighted by molar-refractivity contribution is 0.130. The molecular weight excluding hydrogens is 214 g/mol. The third-order valence-electron chi connectivity index (χ3n) is 3.15. The third-order valence-corrected chi connectivity index (χ3v) is 3.15. The quantitative estimate of drug-likeness (QED) is 0.791. The SMILES string of the molecule is CCCCC[C@H]1NC(=O)O[C@H]1c1ccccc1. The minimum absolute atomic E-state index is 0.122. The molecule has 2 rings (SSSR count). The van der Waals surface area contributed by atoms with Crippen LogP contribution in [0.25, 0.3) is 0 Å². The zero-order valence-corrected chi connectivity index (χ0v) is 10.2. The summed E-state index contributed by atoms with van der Waals surface area (Å²) in [5.41, 5.74) is 1.08. The molecule has 0 radical (unpaired) electrons. The van der Waals surface area contributed by atoms with E-state index in [1.165, 1.54) is 12.8 Å². The van der Waals surface area contributed by atoms with Gasteiger partial charge in [-0.15, -0.1) is 0 Å². The summed E-state index contributed by atoms with van der Waals surface area (Å²) in [6.45, 7) is 2.18. The van der Waals surface area contributed by atoms with Crippen LogP contribution in [-0.4, -0.2) is 12.1 Å². The highest BCUT2D eigenvalue weighted by Gasteiger charge is 2.34. The zero-order chi connectivity index (χ0) is 12.1. The highest BCUT2D eigenvalue weighted by Crippen LogP contribution is 2.28. The molecule has 3 heteroatoms. The number of ether oxygens (including phenoxy) is 1. The van der Waals surface area contributed by atoms with E-state index in [2.05, 4.69) is 12.2 Å². The van der Waals surface area contributed by atoms with E-state index in [9.17, 15) is 4.79 Å². The van der Waals surface area contributed by atoms with Gasteiger partial charge in [-0.2, -0.15) is 0 Å². The van der Waals surface area contributed by atoms with Crippen LogP contribution < -0.4 is 5.32 Å². The van der Waals surface area contributed by atoms with E-state index >= 15 is 0 Å². The molecule has 0 saturated carbocycles. The van der Waals surface area contributed by atoms with E-state index in [4.69, 9.17) is 4.74 Å². The van der Waals surface area contributed by atoms with Crippen molar-refractivity contribution in [3.05, 3.63) is 35.9 Å². The molecule has 17 heavy (non-hydrogen) atoms. The molecule has 0 bridgehead atoms. The first kappa shape index (κ1) is 12.0. The Balaban J connectivity index is 2.01. The van der Waals surface area contributed by atoms with Gasteiger partial charge >= 0.3 is 6.09 Å². The lowest BCUT2D eigenvalue weighted by atomic mass is 9.98. The van der Waals surface area contributed by atoms with Crippen LogP contribution in [0.1, 0.15) is 44.3 Å². The van der Waals surface area contributed by atoms with Gasteiger partial charge in [0.15, 0.2) is 0 Å². The fraction of sp³-hybridized carbons (Fsp3) is 0.500. The normalized spacial score (nSPS) is 23.2. The molecule has 1 saturated heterocycles. The molecule has 0 spiro atoms. The summed E-state index contributed by atoms with van der Waals surface area (Å²) in [7, 11) is 0. The molecule has 0 aliphatic carbocycles. The van der Waals surface area contributed by atoms with Crippen LogP contribution in [0.3, 0.4) is 0 Å². The third kappa shape index (κ3) is 2.99. The van der Waals surface area contributed by atoms with Crippen molar-refractivity contribution in [1.82, 2.24) is 5.32 Å². The Hall–Kier alpha value is -1.51. The molecule has 0 unspecified atom stereocenters. The lowest BCUT2D eigenvalue weighted by Gasteiger charge is -2.16. The number of carbonyl (C=O) groups is 1. The molecule has 1 aliphatic rings. The van der Waals surface area contributed by atoms with Gasteiger partial charge in [-0.1, -0.05) is 56.5 Å². The second-order valence-electron chi connectivity index (χ2n) is 4.48. The maximum Gasteiger partial charge on any atom is 0.408 e. The molecule has 1 N–H and O–H groups in total. The van der Waals surface area contributed by atoms with Crippen molar-refractivity contribution in [3.8, 4) is 0 Å². The van der Waals surface area contributed by atoms with Gasteiger partial charge in [0.2, 0.25) is 0 Å². The number of nitrogens with one attached hydrogen (secondary N) is 1. The summed E-state index contributed by atoms with van der Waals surface area (Å²) in [6.07, 6.45) is 4.10. The van der Waals surface area contributed by atoms with Gasteiger partial charge in [-0.25, -0.2) is 4.79 Å². The predicted octanol–water partition coefficient (Wildman–Crippen LogP) is 3.42. The minimum atomic E-state index is -0.291. The van der Waals surface area contributed by atoms with E-state index in [-0.39, 0.29) is 18.2 Å². The summed E-state index contributed by atoms with van der Waals surface area (Å²) < 4.78 is 5.34. The van der Waals surface area contributed by atoms with Crippen molar-refractivity contribution in [2.24, 2.45) is 0 Å². The van der Waals surface area contributed by atoms with Crippen molar-refractivity contribution < 1.29 is 9.53 Å². The first-order chi connectivity index (χ1) is 8.31. The van der Waals surface area contributed by atoms with Crippen LogP contribution in [0.5, 0.6) is 0 Å². The number of alkyl carbamates (subject to hydrolysis) is 1. The Morgan fingerprint density at radius 2 is 2.00 bits per heavy atom. The van der Waals surface area contributed by atoms with Crippen LogP contribution in [0.4, 0.5) is 4.79 Å². The maximum atomic E-state index is 11.3. The highest BCUT2D eigenvalue weighted by atomic mass is 16.6. The number of hydrogen-bond acceptors (Lipinski definition) is 2. The average molecular weight is 233 g/mol. The summed E-state index contributed by atoms with van der Waals surface area (Å²) in [6, 6.07) is 10.1. The molecule has 2 atom stereocenters. The number of hydrogen-bond donors (Lipinski definition) is 1. The first-order valence-electron chi connectivity index (χ1n) is 6.33. The Labute approximate surface area is 102 Å². The summed E-state index contributed by atoms with van der Waals surface area (Å²) in [5, 5.41) is 2.90. The van der Waals surface area contributed by atoms with E-state index in [1.807, 2.05) is 30.3 Å². The van der Waals surface area contributed by atoms with Crippen molar-refractivity contribution in [1.29, 1.82) is 0 Å². The summed E-state index contributed by atoms with van der Waals surface area (Å²) in [5.74, 6) is 0. The summed E-state index contributed by atoms with van der Waals surface area (Å²) >= 11 is 0. The molecular formula is C14H19NO2. The van der Waals surface area contributed by atoms with Crippen LogP contribution in [0.2, 0.25) is 0 Å². The Bertz CT molecular complexity index is 364. The average Bonchev–Trinajstić information content (AvgIpc) is 2.72. The number of rotatable bonds is 5. The molecule has 1 heterocycles. The van der Waals surface area contributed by atoms with Gasteiger partial charge in [-0.3, -0.25) is 0 Å². The molecule has 92 valence electrons. The fourth-order valence-corrected chi connectivity index (χ4v) is 2.24. The Morgan fingerprint density at radius 1 is 1.24 bits per heavy atom. The number of amides is 1. The van der Waals surface area contributed by atoms with Crippen LogP contribution in [-0.2, 0) is 4.74 Å². The minimum Gasteiger partial charge on any atom is -0.439 e. The van der Waals surface area contributed by atoms with Crippen molar-refractivity contribution in [2.75, 3.05) is 0 Å². The molecule has 3 nitrogen and oxygen atoms in total. The summed E-state index contributed by atoms with van der Waals surface area (Å²) in [4.78, 5) is 11.3. The molecule has 1 fully saturated rings. The molecule has 1 aromatic rings. The Morgan fingerprint density at radius 3 is 2.71 bits per heavy atom. The first-order valence-corrected chi connectivity index (χ1v) is 6.33. The van der Waals surface area contributed by atoms with E-state index in [0.717, 1.165) is 18.4 Å². The van der Waals surface area contributed by atoms with Gasteiger partial charge in [0, 0.05) is 0 Å². The topological polar surface area (TPSA) is 38.3 Å². The van der Waals surface area contributed by atoms with E-state index in [0.29, 0.717) is 0 Å². The molecule has 1 amide bonds. The van der Waals surface area contributed by atoms with Gasteiger partial charge in [0.25, 0.3) is 0 Å². The van der Waals surface area contributed by atoms with Gasteiger partial charge in [0.05, 0.1) is 6.04 Å². The van der Waals surface area contributed by atoms with Crippen molar-refractivity contribution >= 4 is 6.09 Å². The number of carbonyl (C=O) groups excluding carboxylic acids is 1. The second kappa shape index (κ2) is 5.71. The van der Waals surface area contributed by atoms with Crippen molar-refractivity contribution in [2.45, 2.75) is 44.8 Å². The standard InChI is InChI=1S/C14H19NO2/c1-2-3-5-10-12-13(17-14(16)15-12)11-8-6-4-7-9-11/h4,6-9,12-13H,2-3,5,10H2,1H3,(H,15,16)/t12-,13+/m1/s1. The van der Waals surface area contributed by atoms with Gasteiger partial charge in [-0.05, 0) is 12.0 Å². The molecule has 0 aromatic heterocycles. The van der Waals surface area contributed by atoms with E-state index < -0.39 is 0 Å². The van der Waals surface area contributed by atoms with Crippen LogP contribution in [0, 0.1) is 0 Å². The monoisotopic (exact) mass is 233 g/mol. The lowest BCUT2D eigenvalue weighted by Crippen LogP contribution is -2.27. The van der Waals surface area contributed by atoms with E-state index in [1.54, 1.807) is 0 Å². The Kier molecular flexibility index (Phi) is 4.02. The van der Waals surface area contributed by atoms with Crippen molar-refractivity contribution in [3.63, 3.8) is 0 Å². The largest absolute Gasteiger partial charge is 0.439 e. The van der Waals surface area contributed by atoms with Gasteiger partial charge in [0.1, 0.15) is 6.10 Å². The second-order valence-corrected chi connectivity index (χ2v) is 4.48. The van der Waals surface area contributed by atoms with Gasteiger partial charge < -0.3 is 10.1 Å². The number of unbranched alkanes of at least 4 members (excludes halogenated alkanes) is 2. The predicted molar refractivity (Wildman–Crippen MR) is 66.7 cm³/mol. The number of benzene rings is 1. The van der Waals surface area contributed by atoms with Crippen LogP contribution >= 0.6 is 0 Å². The maximum absolute atomic E-state index is 11.3. The molecule has 1 aliphatic heterocycles. The highest BCUT2D eigenvalue weighted by molar-refractivity contribution is 5.70. The fourth-order valence-electron chi connectivity index (χ4n) is 2.24.